The summed E-state index contributed by atoms with van der Waals surface area (Å²) in [6.07, 6.45) is 5.99. The second-order valence-electron chi connectivity index (χ2n) is 7.01. The summed E-state index contributed by atoms with van der Waals surface area (Å²) in [7, 11) is 0. The molecule has 0 saturated carbocycles. The number of rotatable bonds is 3. The van der Waals surface area contributed by atoms with E-state index >= 15 is 0 Å². The Balaban J connectivity index is 1.59. The van der Waals surface area contributed by atoms with Crippen molar-refractivity contribution in [3.8, 4) is 5.75 Å². The molecule has 4 nitrogen and oxygen atoms in total. The molecule has 4 rings (SSSR count). The summed E-state index contributed by atoms with van der Waals surface area (Å²) in [5, 5.41) is 11.8. The van der Waals surface area contributed by atoms with Crippen LogP contribution in [0.25, 0.3) is 10.8 Å². The standard InChI is InChI=1S/C20H24N2O2/c23-14-19-18-12-16(6-4-15(18)5-7-20(19)24)22-11-8-17(13-22)21-9-2-1-3-10-21/h4-7,12,14,17,24H,1-3,8-11,13H2. The summed E-state index contributed by atoms with van der Waals surface area (Å²) in [4.78, 5) is 16.4. The van der Waals surface area contributed by atoms with Crippen LogP contribution in [0.2, 0.25) is 0 Å². The van der Waals surface area contributed by atoms with Crippen LogP contribution in [0.4, 0.5) is 5.69 Å². The van der Waals surface area contributed by atoms with E-state index in [1.165, 1.54) is 38.8 Å². The maximum Gasteiger partial charge on any atom is 0.154 e. The average molecular weight is 324 g/mol. The lowest BCUT2D eigenvalue weighted by Gasteiger charge is -2.32. The van der Waals surface area contributed by atoms with Crippen molar-refractivity contribution in [1.29, 1.82) is 0 Å². The van der Waals surface area contributed by atoms with Gasteiger partial charge >= 0.3 is 0 Å². The molecule has 0 radical (unpaired) electrons. The van der Waals surface area contributed by atoms with Gasteiger partial charge in [0.1, 0.15) is 5.75 Å². The van der Waals surface area contributed by atoms with E-state index in [0.29, 0.717) is 11.6 Å². The minimum absolute atomic E-state index is 0.0577. The molecule has 2 saturated heterocycles. The van der Waals surface area contributed by atoms with Crippen LogP contribution in [0, 0.1) is 0 Å². The first-order chi connectivity index (χ1) is 11.8. The molecule has 1 N–H and O–H groups in total. The predicted octanol–water partition coefficient (Wildman–Crippen LogP) is 3.42. The quantitative estimate of drug-likeness (QED) is 0.879. The average Bonchev–Trinajstić information content (AvgIpc) is 3.12. The van der Waals surface area contributed by atoms with Gasteiger partial charge in [0.15, 0.2) is 6.29 Å². The monoisotopic (exact) mass is 324 g/mol. The van der Waals surface area contributed by atoms with E-state index in [2.05, 4.69) is 21.9 Å². The molecule has 2 aliphatic heterocycles. The first-order valence-corrected chi connectivity index (χ1v) is 8.96. The van der Waals surface area contributed by atoms with Gasteiger partial charge in [-0.15, -0.1) is 0 Å². The van der Waals surface area contributed by atoms with Crippen molar-refractivity contribution < 1.29 is 9.90 Å². The van der Waals surface area contributed by atoms with Crippen molar-refractivity contribution >= 4 is 22.7 Å². The number of aromatic hydroxyl groups is 1. The van der Waals surface area contributed by atoms with E-state index in [4.69, 9.17) is 0 Å². The fourth-order valence-corrected chi connectivity index (χ4v) is 4.20. The molecule has 2 aromatic carbocycles. The van der Waals surface area contributed by atoms with Crippen LogP contribution in [0.1, 0.15) is 36.0 Å². The van der Waals surface area contributed by atoms with Crippen LogP contribution < -0.4 is 4.90 Å². The molecule has 2 aromatic rings. The van der Waals surface area contributed by atoms with E-state index in [1.54, 1.807) is 6.07 Å². The van der Waals surface area contributed by atoms with Gasteiger partial charge in [0.25, 0.3) is 0 Å². The Bertz CT molecular complexity index is 753. The topological polar surface area (TPSA) is 43.8 Å². The van der Waals surface area contributed by atoms with Gasteiger partial charge in [-0.2, -0.15) is 0 Å². The Labute approximate surface area is 142 Å². The van der Waals surface area contributed by atoms with Crippen molar-refractivity contribution in [2.75, 3.05) is 31.1 Å². The molecular formula is C20H24N2O2. The lowest BCUT2D eigenvalue weighted by molar-refractivity contribution is 0.112. The molecule has 0 amide bonds. The van der Waals surface area contributed by atoms with Gasteiger partial charge in [-0.1, -0.05) is 18.6 Å². The fourth-order valence-electron chi connectivity index (χ4n) is 4.20. The number of carbonyl (C=O) groups excluding carboxylic acids is 1. The molecule has 0 spiro atoms. The van der Waals surface area contributed by atoms with Crippen LogP contribution >= 0.6 is 0 Å². The number of piperidine rings is 1. The molecule has 126 valence electrons. The molecule has 4 heteroatoms. The molecule has 24 heavy (non-hydrogen) atoms. The van der Waals surface area contributed by atoms with Crippen LogP contribution in [-0.4, -0.2) is 48.5 Å². The van der Waals surface area contributed by atoms with E-state index in [1.807, 2.05) is 12.1 Å². The highest BCUT2D eigenvalue weighted by atomic mass is 16.3. The van der Waals surface area contributed by atoms with Crippen LogP contribution in [0.5, 0.6) is 5.75 Å². The molecule has 0 bridgehead atoms. The maximum atomic E-state index is 11.4. The van der Waals surface area contributed by atoms with E-state index in [9.17, 15) is 9.90 Å². The maximum absolute atomic E-state index is 11.4. The normalized spacial score (nSPS) is 22.2. The fraction of sp³-hybridized carbons (Fsp3) is 0.450. The van der Waals surface area contributed by atoms with Crippen molar-refractivity contribution in [1.82, 2.24) is 4.90 Å². The number of phenolic OH excluding ortho intramolecular Hbond substituents is 1. The van der Waals surface area contributed by atoms with Crippen molar-refractivity contribution in [3.63, 3.8) is 0 Å². The number of carbonyl (C=O) groups is 1. The van der Waals surface area contributed by atoms with Crippen molar-refractivity contribution in [3.05, 3.63) is 35.9 Å². The van der Waals surface area contributed by atoms with Gasteiger partial charge < -0.3 is 10.0 Å². The Morgan fingerprint density at radius 1 is 1.04 bits per heavy atom. The zero-order chi connectivity index (χ0) is 16.5. The lowest BCUT2D eigenvalue weighted by Crippen LogP contribution is -2.40. The highest BCUT2D eigenvalue weighted by Gasteiger charge is 2.28. The van der Waals surface area contributed by atoms with Gasteiger partial charge in [-0.3, -0.25) is 9.69 Å². The zero-order valence-electron chi connectivity index (χ0n) is 13.9. The van der Waals surface area contributed by atoms with E-state index < -0.39 is 0 Å². The number of hydrogen-bond acceptors (Lipinski definition) is 4. The summed E-state index contributed by atoms with van der Waals surface area (Å²) in [6, 6.07) is 10.3. The molecule has 0 aliphatic carbocycles. The number of benzene rings is 2. The Kier molecular flexibility index (Phi) is 4.15. The van der Waals surface area contributed by atoms with Gasteiger partial charge in [0.05, 0.1) is 5.56 Å². The third-order valence-electron chi connectivity index (χ3n) is 5.58. The molecule has 1 unspecified atom stereocenters. The molecular weight excluding hydrogens is 300 g/mol. The number of phenols is 1. The highest BCUT2D eigenvalue weighted by molar-refractivity contribution is 6.02. The summed E-state index contributed by atoms with van der Waals surface area (Å²) < 4.78 is 0. The second-order valence-corrected chi connectivity index (χ2v) is 7.01. The predicted molar refractivity (Wildman–Crippen MR) is 97.0 cm³/mol. The van der Waals surface area contributed by atoms with E-state index in [-0.39, 0.29) is 5.75 Å². The summed E-state index contributed by atoms with van der Waals surface area (Å²) in [5.74, 6) is 0.0577. The molecule has 2 fully saturated rings. The van der Waals surface area contributed by atoms with Gasteiger partial charge in [-0.05, 0) is 61.3 Å². The highest BCUT2D eigenvalue weighted by Crippen LogP contribution is 2.31. The number of aldehydes is 1. The molecule has 2 aliphatic rings. The first kappa shape index (κ1) is 15.5. The van der Waals surface area contributed by atoms with Gasteiger partial charge in [0.2, 0.25) is 0 Å². The number of fused-ring (bicyclic) bond motifs is 1. The number of anilines is 1. The molecule has 0 aromatic heterocycles. The Morgan fingerprint density at radius 3 is 2.62 bits per heavy atom. The molecule has 2 heterocycles. The Morgan fingerprint density at radius 2 is 1.83 bits per heavy atom. The van der Waals surface area contributed by atoms with Crippen LogP contribution in [0.15, 0.2) is 30.3 Å². The molecule has 1 atom stereocenters. The van der Waals surface area contributed by atoms with Crippen molar-refractivity contribution in [2.24, 2.45) is 0 Å². The first-order valence-electron chi connectivity index (χ1n) is 8.96. The number of nitrogens with zero attached hydrogens (tertiary/aromatic N) is 2. The Hall–Kier alpha value is -2.07. The third kappa shape index (κ3) is 2.75. The van der Waals surface area contributed by atoms with E-state index in [0.717, 1.165) is 35.8 Å². The largest absolute Gasteiger partial charge is 0.507 e. The summed E-state index contributed by atoms with van der Waals surface area (Å²) in [5.41, 5.74) is 1.54. The summed E-state index contributed by atoms with van der Waals surface area (Å²) >= 11 is 0. The van der Waals surface area contributed by atoms with Crippen LogP contribution in [0.3, 0.4) is 0 Å². The minimum atomic E-state index is 0.0577. The number of hydrogen-bond donors (Lipinski definition) is 1. The van der Waals surface area contributed by atoms with Gasteiger partial charge in [-0.25, -0.2) is 0 Å². The van der Waals surface area contributed by atoms with Crippen molar-refractivity contribution in [2.45, 2.75) is 31.7 Å². The minimum Gasteiger partial charge on any atom is -0.507 e. The lowest BCUT2D eigenvalue weighted by atomic mass is 10.0. The smallest absolute Gasteiger partial charge is 0.154 e. The third-order valence-corrected chi connectivity index (χ3v) is 5.58. The summed E-state index contributed by atoms with van der Waals surface area (Å²) in [6.45, 7) is 4.58. The number of likely N-dealkylation sites (tertiary alicyclic amines) is 1. The van der Waals surface area contributed by atoms with Crippen LogP contribution in [-0.2, 0) is 0 Å². The second kappa shape index (κ2) is 6.44. The van der Waals surface area contributed by atoms with Gasteiger partial charge in [0, 0.05) is 24.8 Å². The zero-order valence-corrected chi connectivity index (χ0v) is 13.9. The SMILES string of the molecule is O=Cc1c(O)ccc2ccc(N3CCC(N4CCCCC4)C3)cc12.